The number of nitrogens with zero attached hydrogens (tertiary/aromatic N) is 1. The summed E-state index contributed by atoms with van der Waals surface area (Å²) in [6.45, 7) is 2.32. The highest BCUT2D eigenvalue weighted by molar-refractivity contribution is 9.19. The Morgan fingerprint density at radius 1 is 1.30 bits per heavy atom. The van der Waals surface area contributed by atoms with Gasteiger partial charge in [-0.25, -0.2) is 15.0 Å². The third-order valence-corrected chi connectivity index (χ3v) is 2.69. The van der Waals surface area contributed by atoms with Crippen LogP contribution in [0.15, 0.2) is 35.4 Å². The van der Waals surface area contributed by atoms with Crippen LogP contribution in [0.5, 0.6) is 0 Å². The number of hydrazone groups is 1. The second kappa shape index (κ2) is 9.08. The number of anilines is 1. The van der Waals surface area contributed by atoms with Gasteiger partial charge in [-0.2, -0.15) is 5.10 Å². The predicted molar refractivity (Wildman–Crippen MR) is 80.8 cm³/mol. The van der Waals surface area contributed by atoms with E-state index in [-0.39, 0.29) is 4.62 Å². The number of carbonyl (C=O) groups is 2. The number of hydrogen-bond donors (Lipinski definition) is 2. The second-order valence-electron chi connectivity index (χ2n) is 3.82. The molecule has 0 fully saturated rings. The molecule has 1 aromatic rings. The van der Waals surface area contributed by atoms with Crippen molar-refractivity contribution in [3.05, 3.63) is 30.3 Å². The fraction of sp³-hybridized carbons (Fsp3) is 0.308. The van der Waals surface area contributed by atoms with Crippen molar-refractivity contribution >= 4 is 38.2 Å². The molecule has 20 heavy (non-hydrogen) atoms. The quantitative estimate of drug-likeness (QED) is 0.361. The minimum Gasteiger partial charge on any atom is -0.461 e. The Morgan fingerprint density at radius 2 is 2.00 bits per heavy atom. The van der Waals surface area contributed by atoms with Gasteiger partial charge in [0, 0.05) is 5.69 Å². The number of ether oxygens (including phenoxy) is 1. The molecule has 0 spiro atoms. The van der Waals surface area contributed by atoms with E-state index in [1.807, 2.05) is 13.0 Å². The lowest BCUT2D eigenvalue weighted by Crippen LogP contribution is -2.26. The van der Waals surface area contributed by atoms with Crippen LogP contribution in [0.2, 0.25) is 0 Å². The molecule has 0 aliphatic rings. The fourth-order valence-electron chi connectivity index (χ4n) is 1.19. The van der Waals surface area contributed by atoms with Crippen LogP contribution in [0.1, 0.15) is 19.8 Å². The molecule has 2 N–H and O–H groups in total. The van der Waals surface area contributed by atoms with Gasteiger partial charge in [0.25, 0.3) is 0 Å². The van der Waals surface area contributed by atoms with Gasteiger partial charge in [0.2, 0.25) is 4.62 Å². The molecule has 0 unspecified atom stereocenters. The van der Waals surface area contributed by atoms with Crippen LogP contribution in [-0.2, 0) is 9.53 Å². The minimum absolute atomic E-state index is 0.0863. The third-order valence-electron chi connectivity index (χ3n) is 2.19. The number of hydrogen-bond acceptors (Lipinski definition) is 4. The summed E-state index contributed by atoms with van der Waals surface area (Å²) >= 11 is 2.94. The molecular formula is C13H16BrN3O3. The van der Waals surface area contributed by atoms with Crippen molar-refractivity contribution in [3.63, 3.8) is 0 Å². The normalized spacial score (nSPS) is 10.8. The molecule has 0 bridgehead atoms. The first kappa shape index (κ1) is 16.2. The molecule has 0 radical (unpaired) electrons. The summed E-state index contributed by atoms with van der Waals surface area (Å²) in [4.78, 5) is 22.9. The van der Waals surface area contributed by atoms with Gasteiger partial charge in [0.1, 0.15) is 0 Å². The zero-order valence-corrected chi connectivity index (χ0v) is 12.6. The van der Waals surface area contributed by atoms with Crippen molar-refractivity contribution in [2.45, 2.75) is 19.8 Å². The number of para-hydroxylation sites is 1. The first-order chi connectivity index (χ1) is 9.63. The first-order valence-electron chi connectivity index (χ1n) is 6.16. The summed E-state index contributed by atoms with van der Waals surface area (Å²) in [5, 5.41) is 6.15. The molecule has 7 heteroatoms. The van der Waals surface area contributed by atoms with Crippen molar-refractivity contribution in [1.82, 2.24) is 5.43 Å². The van der Waals surface area contributed by atoms with Crippen LogP contribution in [0.3, 0.4) is 0 Å². The van der Waals surface area contributed by atoms with Crippen molar-refractivity contribution < 1.29 is 14.3 Å². The smallest absolute Gasteiger partial charge is 0.366 e. The van der Waals surface area contributed by atoms with Gasteiger partial charge >= 0.3 is 12.0 Å². The van der Waals surface area contributed by atoms with E-state index in [1.165, 1.54) is 0 Å². The highest BCUT2D eigenvalue weighted by atomic mass is 79.9. The van der Waals surface area contributed by atoms with Crippen molar-refractivity contribution in [1.29, 1.82) is 0 Å². The Hall–Kier alpha value is -1.89. The summed E-state index contributed by atoms with van der Waals surface area (Å²) in [5.74, 6) is -0.613. The van der Waals surface area contributed by atoms with E-state index in [0.29, 0.717) is 12.3 Å². The van der Waals surface area contributed by atoms with E-state index < -0.39 is 12.0 Å². The van der Waals surface area contributed by atoms with Crippen LogP contribution in [0.4, 0.5) is 10.5 Å². The van der Waals surface area contributed by atoms with Crippen molar-refractivity contribution in [2.24, 2.45) is 5.10 Å². The molecule has 1 rings (SSSR count). The van der Waals surface area contributed by atoms with Crippen molar-refractivity contribution in [3.8, 4) is 0 Å². The van der Waals surface area contributed by atoms with Crippen LogP contribution < -0.4 is 10.7 Å². The average molecular weight is 342 g/mol. The molecule has 0 aliphatic heterocycles. The topological polar surface area (TPSA) is 79.8 Å². The zero-order chi connectivity index (χ0) is 14.8. The van der Waals surface area contributed by atoms with E-state index in [4.69, 9.17) is 4.74 Å². The summed E-state index contributed by atoms with van der Waals surface area (Å²) in [6.07, 6.45) is 1.72. The van der Waals surface area contributed by atoms with Crippen LogP contribution >= 0.6 is 15.9 Å². The third kappa shape index (κ3) is 6.33. The van der Waals surface area contributed by atoms with Gasteiger partial charge in [-0.15, -0.1) is 0 Å². The average Bonchev–Trinajstić information content (AvgIpc) is 2.46. The molecule has 0 saturated carbocycles. The molecule has 2 amide bonds. The Bertz CT molecular complexity index is 477. The molecule has 0 atom stereocenters. The predicted octanol–water partition coefficient (Wildman–Crippen LogP) is 2.86. The Morgan fingerprint density at radius 3 is 2.65 bits per heavy atom. The molecule has 108 valence electrons. The fourth-order valence-corrected chi connectivity index (χ4v) is 1.40. The van der Waals surface area contributed by atoms with Gasteiger partial charge in [-0.1, -0.05) is 31.5 Å². The summed E-state index contributed by atoms with van der Waals surface area (Å²) in [6, 6.07) is 8.34. The number of halogens is 1. The second-order valence-corrected chi connectivity index (χ2v) is 4.58. The number of amides is 2. The molecule has 0 heterocycles. The monoisotopic (exact) mass is 341 g/mol. The first-order valence-corrected chi connectivity index (χ1v) is 6.95. The van der Waals surface area contributed by atoms with Crippen LogP contribution in [0, 0.1) is 0 Å². The maximum absolute atomic E-state index is 11.5. The number of unbranched alkanes of at least 4 members (excludes halogenated alkanes) is 1. The van der Waals surface area contributed by atoms with E-state index >= 15 is 0 Å². The SMILES string of the molecule is CCCCOC(=O)/C(Br)=N/NC(=O)Nc1ccccc1. The summed E-state index contributed by atoms with van der Waals surface area (Å²) in [7, 11) is 0. The van der Waals surface area contributed by atoms with Gasteiger partial charge in [0.15, 0.2) is 0 Å². The number of carbonyl (C=O) groups excluding carboxylic acids is 2. The Kier molecular flexibility index (Phi) is 7.34. The molecule has 0 saturated heterocycles. The van der Waals surface area contributed by atoms with E-state index in [1.54, 1.807) is 24.3 Å². The standard InChI is InChI=1S/C13H16BrN3O3/c1-2-3-9-20-12(18)11(14)16-17-13(19)15-10-7-5-4-6-8-10/h4-8H,2-3,9H2,1H3,(H2,15,17,19)/b16-11-. The Labute approximate surface area is 125 Å². The van der Waals surface area contributed by atoms with Crippen LogP contribution in [-0.4, -0.2) is 23.2 Å². The number of rotatable bonds is 6. The lowest BCUT2D eigenvalue weighted by atomic mass is 10.3. The number of urea groups is 1. The van der Waals surface area contributed by atoms with Gasteiger partial charge < -0.3 is 10.1 Å². The number of nitrogens with one attached hydrogen (secondary N) is 2. The maximum atomic E-state index is 11.5. The lowest BCUT2D eigenvalue weighted by Gasteiger charge is -2.04. The minimum atomic E-state index is -0.613. The van der Waals surface area contributed by atoms with Gasteiger partial charge in [-0.3, -0.25) is 0 Å². The van der Waals surface area contributed by atoms with Crippen LogP contribution in [0.25, 0.3) is 0 Å². The van der Waals surface area contributed by atoms with E-state index in [9.17, 15) is 9.59 Å². The summed E-state index contributed by atoms with van der Waals surface area (Å²) in [5.41, 5.74) is 2.82. The maximum Gasteiger partial charge on any atom is 0.366 e. The van der Waals surface area contributed by atoms with Crippen molar-refractivity contribution in [2.75, 3.05) is 11.9 Å². The molecular weight excluding hydrogens is 326 g/mol. The van der Waals surface area contributed by atoms with E-state index in [2.05, 4.69) is 31.8 Å². The number of esters is 1. The Balaban J connectivity index is 2.38. The molecule has 0 aromatic heterocycles. The highest BCUT2D eigenvalue weighted by Crippen LogP contribution is 2.04. The molecule has 1 aromatic carbocycles. The largest absolute Gasteiger partial charge is 0.461 e. The zero-order valence-electron chi connectivity index (χ0n) is 11.1. The number of benzene rings is 1. The van der Waals surface area contributed by atoms with Gasteiger partial charge in [-0.05, 0) is 34.5 Å². The molecule has 0 aliphatic carbocycles. The highest BCUT2D eigenvalue weighted by Gasteiger charge is 2.10. The lowest BCUT2D eigenvalue weighted by molar-refractivity contribution is -0.135. The summed E-state index contributed by atoms with van der Waals surface area (Å²) < 4.78 is 4.82. The molecule has 6 nitrogen and oxygen atoms in total. The van der Waals surface area contributed by atoms with E-state index in [0.717, 1.165) is 12.8 Å². The van der Waals surface area contributed by atoms with Gasteiger partial charge in [0.05, 0.1) is 6.61 Å².